The molecule has 0 N–H and O–H groups in total. The van der Waals surface area contributed by atoms with Gasteiger partial charge in [0.2, 0.25) is 11.8 Å². The van der Waals surface area contributed by atoms with Crippen molar-refractivity contribution in [3.63, 3.8) is 0 Å². The van der Waals surface area contributed by atoms with Crippen molar-refractivity contribution in [2.24, 2.45) is 5.92 Å². The Balaban J connectivity index is 2.51. The lowest BCUT2D eigenvalue weighted by Gasteiger charge is -2.17. The second-order valence-corrected chi connectivity index (χ2v) is 5.49. The van der Waals surface area contributed by atoms with Gasteiger partial charge in [0.05, 0.1) is 5.69 Å². The molecule has 1 unspecified atom stereocenters. The van der Waals surface area contributed by atoms with E-state index in [9.17, 15) is 9.59 Å². The Hall–Kier alpha value is -0.870. The zero-order chi connectivity index (χ0) is 12.7. The van der Waals surface area contributed by atoms with Gasteiger partial charge in [-0.1, -0.05) is 18.5 Å². The van der Waals surface area contributed by atoms with Crippen LogP contribution < -0.4 is 4.90 Å². The molecule has 3 nitrogen and oxygen atoms in total. The van der Waals surface area contributed by atoms with Gasteiger partial charge >= 0.3 is 0 Å². The minimum absolute atomic E-state index is 0.171. The molecule has 1 aliphatic rings. The third-order valence-electron chi connectivity index (χ3n) is 2.84. The first-order chi connectivity index (χ1) is 7.91. The molecule has 0 saturated carbocycles. The van der Waals surface area contributed by atoms with Gasteiger partial charge in [-0.2, -0.15) is 0 Å². The molecule has 0 radical (unpaired) electrons. The highest BCUT2D eigenvalue weighted by atomic mass is 79.9. The lowest BCUT2D eigenvalue weighted by Crippen LogP contribution is -2.30. The Morgan fingerprint density at radius 3 is 2.59 bits per heavy atom. The normalized spacial score (nSPS) is 20.2. The van der Waals surface area contributed by atoms with E-state index in [4.69, 9.17) is 11.6 Å². The van der Waals surface area contributed by atoms with Gasteiger partial charge in [0, 0.05) is 21.8 Å². The summed E-state index contributed by atoms with van der Waals surface area (Å²) in [5, 5.41) is 0.545. The van der Waals surface area contributed by atoms with Crippen molar-refractivity contribution in [2.75, 3.05) is 4.90 Å². The molecule has 2 rings (SSSR count). The van der Waals surface area contributed by atoms with Crippen LogP contribution in [0.2, 0.25) is 5.02 Å². The first-order valence-corrected chi connectivity index (χ1v) is 6.41. The molecule has 1 aliphatic heterocycles. The van der Waals surface area contributed by atoms with Crippen LogP contribution >= 0.6 is 27.5 Å². The number of rotatable bonds is 1. The number of carbonyl (C=O) groups excluding carboxylic acids is 2. The molecule has 0 spiro atoms. The molecule has 1 aromatic rings. The van der Waals surface area contributed by atoms with E-state index in [0.29, 0.717) is 15.2 Å². The summed E-state index contributed by atoms with van der Waals surface area (Å²) in [6, 6.07) is 3.45. The topological polar surface area (TPSA) is 37.4 Å². The fourth-order valence-electron chi connectivity index (χ4n) is 1.84. The van der Waals surface area contributed by atoms with Gasteiger partial charge in [-0.3, -0.25) is 9.59 Å². The van der Waals surface area contributed by atoms with Crippen LogP contribution in [0.1, 0.15) is 18.9 Å². The number of anilines is 1. The summed E-state index contributed by atoms with van der Waals surface area (Å²) >= 11 is 9.39. The van der Waals surface area contributed by atoms with Crippen LogP contribution in [0.25, 0.3) is 0 Å². The summed E-state index contributed by atoms with van der Waals surface area (Å²) in [6.07, 6.45) is 0.261. The van der Waals surface area contributed by atoms with E-state index < -0.39 is 0 Å². The second-order valence-electron chi connectivity index (χ2n) is 4.23. The highest BCUT2D eigenvalue weighted by Crippen LogP contribution is 2.35. The van der Waals surface area contributed by atoms with E-state index in [1.807, 2.05) is 6.92 Å². The van der Waals surface area contributed by atoms with Gasteiger partial charge in [-0.05, 0) is 40.5 Å². The Bertz CT molecular complexity index is 515. The van der Waals surface area contributed by atoms with Crippen molar-refractivity contribution in [3.05, 3.63) is 27.2 Å². The number of hydrogen-bond donors (Lipinski definition) is 0. The van der Waals surface area contributed by atoms with Crippen LogP contribution in [0.4, 0.5) is 5.69 Å². The molecule has 17 heavy (non-hydrogen) atoms. The summed E-state index contributed by atoms with van der Waals surface area (Å²) in [6.45, 7) is 3.62. The van der Waals surface area contributed by atoms with Gasteiger partial charge in [0.1, 0.15) is 0 Å². The molecule has 1 heterocycles. The van der Waals surface area contributed by atoms with Gasteiger partial charge in [-0.15, -0.1) is 0 Å². The van der Waals surface area contributed by atoms with E-state index in [1.54, 1.807) is 19.1 Å². The monoisotopic (exact) mass is 315 g/mol. The average Bonchev–Trinajstić information content (AvgIpc) is 2.48. The number of amides is 2. The van der Waals surface area contributed by atoms with Crippen molar-refractivity contribution in [1.82, 2.24) is 0 Å². The summed E-state index contributed by atoms with van der Waals surface area (Å²) in [5.41, 5.74) is 1.43. The van der Waals surface area contributed by atoms with Crippen LogP contribution in [0.15, 0.2) is 16.6 Å². The van der Waals surface area contributed by atoms with Crippen molar-refractivity contribution in [3.8, 4) is 0 Å². The SMILES string of the molecule is Cc1cc(Br)c(N2C(=O)CC(C)C2=O)cc1Cl. The predicted molar refractivity (Wildman–Crippen MR) is 70.2 cm³/mol. The Kier molecular flexibility index (Phi) is 3.27. The fraction of sp³-hybridized carbons (Fsp3) is 0.333. The maximum atomic E-state index is 11.9. The molecule has 2 amide bonds. The predicted octanol–water partition coefficient (Wildman–Crippen LogP) is 3.31. The molecule has 1 saturated heterocycles. The molecule has 1 aromatic carbocycles. The lowest BCUT2D eigenvalue weighted by molar-refractivity contribution is -0.122. The molecular formula is C12H11BrClNO2. The number of nitrogens with zero attached hydrogens (tertiary/aromatic N) is 1. The van der Waals surface area contributed by atoms with E-state index in [-0.39, 0.29) is 24.2 Å². The maximum Gasteiger partial charge on any atom is 0.237 e. The van der Waals surface area contributed by atoms with Crippen LogP contribution in [0, 0.1) is 12.8 Å². The van der Waals surface area contributed by atoms with E-state index >= 15 is 0 Å². The number of carbonyl (C=O) groups is 2. The van der Waals surface area contributed by atoms with Gasteiger partial charge in [0.25, 0.3) is 0 Å². The van der Waals surface area contributed by atoms with E-state index in [1.165, 1.54) is 4.90 Å². The van der Waals surface area contributed by atoms with Gasteiger partial charge < -0.3 is 0 Å². The largest absolute Gasteiger partial charge is 0.274 e. The minimum atomic E-state index is -0.255. The number of halogens is 2. The van der Waals surface area contributed by atoms with Gasteiger partial charge in [0.15, 0.2) is 0 Å². The Morgan fingerprint density at radius 1 is 1.41 bits per heavy atom. The van der Waals surface area contributed by atoms with Crippen molar-refractivity contribution in [2.45, 2.75) is 20.3 Å². The third kappa shape index (κ3) is 2.11. The quantitative estimate of drug-likeness (QED) is 0.745. The van der Waals surface area contributed by atoms with Crippen LogP contribution in [0.3, 0.4) is 0 Å². The highest BCUT2D eigenvalue weighted by Gasteiger charge is 2.37. The average molecular weight is 317 g/mol. The van der Waals surface area contributed by atoms with E-state index in [0.717, 1.165) is 5.56 Å². The molecule has 90 valence electrons. The Morgan fingerprint density at radius 2 is 2.06 bits per heavy atom. The van der Waals surface area contributed by atoms with Crippen molar-refractivity contribution < 1.29 is 9.59 Å². The molecule has 0 bridgehead atoms. The van der Waals surface area contributed by atoms with Crippen molar-refractivity contribution >= 4 is 45.0 Å². The number of benzene rings is 1. The van der Waals surface area contributed by atoms with Crippen LogP contribution in [0.5, 0.6) is 0 Å². The van der Waals surface area contributed by atoms with Crippen molar-refractivity contribution in [1.29, 1.82) is 0 Å². The number of hydrogen-bond acceptors (Lipinski definition) is 2. The molecule has 1 atom stereocenters. The molecular weight excluding hydrogens is 305 g/mol. The standard InChI is InChI=1S/C12H11BrClNO2/c1-6-3-8(13)10(5-9(6)14)15-11(16)4-7(2)12(15)17/h3,5,7H,4H2,1-2H3. The second kappa shape index (κ2) is 4.42. The number of aryl methyl sites for hydroxylation is 1. The zero-order valence-electron chi connectivity index (χ0n) is 9.46. The highest BCUT2D eigenvalue weighted by molar-refractivity contribution is 9.10. The van der Waals surface area contributed by atoms with Crippen LogP contribution in [-0.2, 0) is 9.59 Å². The van der Waals surface area contributed by atoms with Crippen LogP contribution in [-0.4, -0.2) is 11.8 Å². The zero-order valence-corrected chi connectivity index (χ0v) is 11.8. The summed E-state index contributed by atoms with van der Waals surface area (Å²) in [7, 11) is 0. The molecule has 0 aliphatic carbocycles. The fourth-order valence-corrected chi connectivity index (χ4v) is 2.64. The third-order valence-corrected chi connectivity index (χ3v) is 3.88. The minimum Gasteiger partial charge on any atom is -0.274 e. The Labute approximate surface area is 113 Å². The first-order valence-electron chi connectivity index (χ1n) is 5.24. The summed E-state index contributed by atoms with van der Waals surface area (Å²) in [5.74, 6) is -0.604. The van der Waals surface area contributed by atoms with E-state index in [2.05, 4.69) is 15.9 Å². The lowest BCUT2D eigenvalue weighted by atomic mass is 10.1. The smallest absolute Gasteiger partial charge is 0.237 e. The summed E-state index contributed by atoms with van der Waals surface area (Å²) in [4.78, 5) is 24.9. The number of imide groups is 1. The first kappa shape index (κ1) is 12.6. The van der Waals surface area contributed by atoms with Gasteiger partial charge in [-0.25, -0.2) is 4.90 Å². The molecule has 1 fully saturated rings. The maximum absolute atomic E-state index is 11.9. The summed E-state index contributed by atoms with van der Waals surface area (Å²) < 4.78 is 0.704. The molecule has 5 heteroatoms. The molecule has 0 aromatic heterocycles.